The molecular formula is C14H16N2O2S. The maximum atomic E-state index is 11.2. The molecular weight excluding hydrogens is 260 g/mol. The van der Waals surface area contributed by atoms with E-state index in [-0.39, 0.29) is 10.6 Å². The normalized spacial score (nSPS) is 11.0. The Labute approximate surface area is 116 Å². The summed E-state index contributed by atoms with van der Waals surface area (Å²) in [5, 5.41) is 12.0. The Balaban J connectivity index is 2.63. The number of aromatic nitrogens is 1. The first-order chi connectivity index (χ1) is 8.91. The van der Waals surface area contributed by atoms with Crippen LogP contribution in [0.2, 0.25) is 0 Å². The second-order valence-corrected chi connectivity index (χ2v) is 6.05. The molecule has 0 fully saturated rings. The molecule has 0 saturated heterocycles. The molecule has 5 heteroatoms. The van der Waals surface area contributed by atoms with E-state index in [1.54, 1.807) is 19.1 Å². The first-order valence-electron chi connectivity index (χ1n) is 6.13. The van der Waals surface area contributed by atoms with Crippen molar-refractivity contribution < 1.29 is 4.92 Å². The van der Waals surface area contributed by atoms with Gasteiger partial charge in [0.15, 0.2) is 0 Å². The number of hydrogen-bond donors (Lipinski definition) is 0. The van der Waals surface area contributed by atoms with Gasteiger partial charge in [0.05, 0.1) is 16.2 Å². The molecule has 1 aromatic carbocycles. The number of aryl methyl sites for hydroxylation is 2. The molecule has 0 spiro atoms. The lowest BCUT2D eigenvalue weighted by molar-refractivity contribution is -0.384. The lowest BCUT2D eigenvalue weighted by atomic mass is 10.1. The third kappa shape index (κ3) is 2.51. The fraction of sp³-hybridized carbons (Fsp3) is 0.357. The fourth-order valence-corrected chi connectivity index (χ4v) is 3.23. The van der Waals surface area contributed by atoms with Crippen molar-refractivity contribution in [1.82, 2.24) is 4.98 Å². The summed E-state index contributed by atoms with van der Waals surface area (Å²) in [4.78, 5) is 16.6. The first kappa shape index (κ1) is 13.7. The molecule has 100 valence electrons. The van der Waals surface area contributed by atoms with E-state index >= 15 is 0 Å². The lowest BCUT2D eigenvalue weighted by Crippen LogP contribution is -1.95. The van der Waals surface area contributed by atoms with Crippen molar-refractivity contribution in [1.29, 1.82) is 0 Å². The molecule has 0 unspecified atom stereocenters. The molecule has 0 aliphatic carbocycles. The monoisotopic (exact) mass is 276 g/mol. The Kier molecular flexibility index (Phi) is 3.66. The zero-order valence-electron chi connectivity index (χ0n) is 11.4. The summed E-state index contributed by atoms with van der Waals surface area (Å²) in [7, 11) is 0. The number of nitro groups is 1. The van der Waals surface area contributed by atoms with Gasteiger partial charge in [0.25, 0.3) is 5.69 Å². The highest BCUT2D eigenvalue weighted by Gasteiger charge is 2.22. The van der Waals surface area contributed by atoms with Crippen molar-refractivity contribution >= 4 is 17.0 Å². The third-order valence-electron chi connectivity index (χ3n) is 3.03. The number of para-hydroxylation sites is 1. The van der Waals surface area contributed by atoms with E-state index in [1.807, 2.05) is 13.0 Å². The van der Waals surface area contributed by atoms with Crippen molar-refractivity contribution in [3.63, 3.8) is 0 Å². The van der Waals surface area contributed by atoms with Crippen LogP contribution in [0.1, 0.15) is 35.9 Å². The van der Waals surface area contributed by atoms with Crippen LogP contribution in [0.3, 0.4) is 0 Å². The standard InChI is InChI=1S/C14H16N2O2S/c1-8(2)12-10(4)19-14(15-12)11-7-5-6-9(3)13(11)16(17)18/h5-8H,1-4H3. The van der Waals surface area contributed by atoms with Crippen molar-refractivity contribution in [2.75, 3.05) is 0 Å². The molecule has 0 aliphatic rings. The summed E-state index contributed by atoms with van der Waals surface area (Å²) in [5.41, 5.74) is 2.47. The topological polar surface area (TPSA) is 56.0 Å². The zero-order valence-corrected chi connectivity index (χ0v) is 12.2. The molecule has 2 rings (SSSR count). The molecule has 0 atom stereocenters. The maximum absolute atomic E-state index is 11.2. The Bertz CT molecular complexity index is 632. The predicted molar refractivity (Wildman–Crippen MR) is 77.8 cm³/mol. The van der Waals surface area contributed by atoms with Gasteiger partial charge in [-0.3, -0.25) is 10.1 Å². The van der Waals surface area contributed by atoms with Gasteiger partial charge in [-0.15, -0.1) is 11.3 Å². The molecule has 1 heterocycles. The summed E-state index contributed by atoms with van der Waals surface area (Å²) in [6.07, 6.45) is 0. The van der Waals surface area contributed by atoms with E-state index in [2.05, 4.69) is 18.8 Å². The van der Waals surface area contributed by atoms with E-state index in [9.17, 15) is 10.1 Å². The number of benzene rings is 1. The fourth-order valence-electron chi connectivity index (χ4n) is 2.13. The average Bonchev–Trinajstić information content (AvgIpc) is 2.70. The van der Waals surface area contributed by atoms with Crippen LogP contribution in [0, 0.1) is 24.0 Å². The summed E-state index contributed by atoms with van der Waals surface area (Å²) >= 11 is 1.52. The number of rotatable bonds is 3. The van der Waals surface area contributed by atoms with Crippen LogP contribution in [-0.2, 0) is 0 Å². The van der Waals surface area contributed by atoms with Crippen LogP contribution in [-0.4, -0.2) is 9.91 Å². The Hall–Kier alpha value is -1.75. The number of nitro benzene ring substituents is 1. The van der Waals surface area contributed by atoms with Gasteiger partial charge in [0.1, 0.15) is 5.01 Å². The molecule has 0 amide bonds. The molecule has 0 bridgehead atoms. The number of nitrogens with zero attached hydrogens (tertiary/aromatic N) is 2. The van der Waals surface area contributed by atoms with Gasteiger partial charge >= 0.3 is 0 Å². The first-order valence-corrected chi connectivity index (χ1v) is 6.95. The Morgan fingerprint density at radius 1 is 1.32 bits per heavy atom. The van der Waals surface area contributed by atoms with Gasteiger partial charge in [-0.25, -0.2) is 4.98 Å². The van der Waals surface area contributed by atoms with E-state index in [0.717, 1.165) is 15.6 Å². The van der Waals surface area contributed by atoms with Gasteiger partial charge in [-0.05, 0) is 25.8 Å². The minimum Gasteiger partial charge on any atom is -0.258 e. The largest absolute Gasteiger partial charge is 0.282 e. The number of thiazole rings is 1. The molecule has 19 heavy (non-hydrogen) atoms. The molecule has 1 aromatic heterocycles. The average molecular weight is 276 g/mol. The van der Waals surface area contributed by atoms with Crippen LogP contribution in [0.5, 0.6) is 0 Å². The van der Waals surface area contributed by atoms with E-state index in [4.69, 9.17) is 0 Å². The van der Waals surface area contributed by atoms with E-state index < -0.39 is 0 Å². The van der Waals surface area contributed by atoms with Crippen molar-refractivity contribution in [2.24, 2.45) is 0 Å². The van der Waals surface area contributed by atoms with Crippen molar-refractivity contribution in [3.8, 4) is 10.6 Å². The quantitative estimate of drug-likeness (QED) is 0.614. The summed E-state index contributed by atoms with van der Waals surface area (Å²) in [6, 6.07) is 5.36. The second-order valence-electron chi connectivity index (χ2n) is 4.84. The van der Waals surface area contributed by atoms with Gasteiger partial charge in [0, 0.05) is 10.4 Å². The molecule has 2 aromatic rings. The van der Waals surface area contributed by atoms with E-state index in [0.29, 0.717) is 17.0 Å². The molecule has 0 saturated carbocycles. The summed E-state index contributed by atoms with van der Waals surface area (Å²) in [6.45, 7) is 7.93. The maximum Gasteiger partial charge on any atom is 0.282 e. The Morgan fingerprint density at radius 2 is 2.00 bits per heavy atom. The van der Waals surface area contributed by atoms with Crippen LogP contribution < -0.4 is 0 Å². The second kappa shape index (κ2) is 5.09. The minimum atomic E-state index is -0.323. The molecule has 0 aliphatic heterocycles. The highest BCUT2D eigenvalue weighted by Crippen LogP contribution is 2.37. The lowest BCUT2D eigenvalue weighted by Gasteiger charge is -2.02. The van der Waals surface area contributed by atoms with Gasteiger partial charge in [-0.1, -0.05) is 26.0 Å². The van der Waals surface area contributed by atoms with Crippen molar-refractivity contribution in [3.05, 3.63) is 44.4 Å². The van der Waals surface area contributed by atoms with Crippen LogP contribution in [0.25, 0.3) is 10.6 Å². The highest BCUT2D eigenvalue weighted by molar-refractivity contribution is 7.15. The zero-order chi connectivity index (χ0) is 14.2. The summed E-state index contributed by atoms with van der Waals surface area (Å²) < 4.78 is 0. The van der Waals surface area contributed by atoms with E-state index in [1.165, 1.54) is 11.3 Å². The van der Waals surface area contributed by atoms with Crippen molar-refractivity contribution in [2.45, 2.75) is 33.6 Å². The number of hydrogen-bond acceptors (Lipinski definition) is 4. The highest BCUT2D eigenvalue weighted by atomic mass is 32.1. The smallest absolute Gasteiger partial charge is 0.258 e. The predicted octanol–water partition coefficient (Wildman–Crippen LogP) is 4.46. The van der Waals surface area contributed by atoms with Crippen LogP contribution in [0.15, 0.2) is 18.2 Å². The minimum absolute atomic E-state index is 0.159. The molecule has 4 nitrogen and oxygen atoms in total. The molecule has 0 radical (unpaired) electrons. The Morgan fingerprint density at radius 3 is 2.53 bits per heavy atom. The molecule has 0 N–H and O–H groups in total. The van der Waals surface area contributed by atoms with Gasteiger partial charge in [0.2, 0.25) is 0 Å². The third-order valence-corrected chi connectivity index (χ3v) is 4.05. The van der Waals surface area contributed by atoms with Gasteiger partial charge < -0.3 is 0 Å². The van der Waals surface area contributed by atoms with Gasteiger partial charge in [-0.2, -0.15) is 0 Å². The SMILES string of the molecule is Cc1cccc(-c2nc(C(C)C)c(C)s2)c1[N+](=O)[O-]. The van der Waals surface area contributed by atoms with Crippen LogP contribution >= 0.6 is 11.3 Å². The summed E-state index contributed by atoms with van der Waals surface area (Å²) in [5.74, 6) is 0.328. The van der Waals surface area contributed by atoms with Crippen LogP contribution in [0.4, 0.5) is 5.69 Å².